The fourth-order valence-electron chi connectivity index (χ4n) is 5.68. The summed E-state index contributed by atoms with van der Waals surface area (Å²) in [6.07, 6.45) is -1.43. The van der Waals surface area contributed by atoms with E-state index in [9.17, 15) is 37.3 Å². The molecule has 5 aromatic rings. The van der Waals surface area contributed by atoms with Gasteiger partial charge in [0.2, 0.25) is 0 Å². The molecule has 1 fully saturated rings. The van der Waals surface area contributed by atoms with Gasteiger partial charge in [0.1, 0.15) is 17.8 Å². The van der Waals surface area contributed by atoms with Crippen LogP contribution in [-0.4, -0.2) is 37.3 Å². The van der Waals surface area contributed by atoms with E-state index < -0.39 is 29.9 Å². The summed E-state index contributed by atoms with van der Waals surface area (Å²) in [5, 5.41) is 35.1. The molecule has 0 spiro atoms. The summed E-state index contributed by atoms with van der Waals surface area (Å²) in [6, 6.07) is 12.1. The highest BCUT2D eigenvalue weighted by molar-refractivity contribution is 5.99. The van der Waals surface area contributed by atoms with Crippen LogP contribution in [0.5, 0.6) is 0 Å². The van der Waals surface area contributed by atoms with Gasteiger partial charge in [-0.25, -0.2) is 4.68 Å². The lowest BCUT2D eigenvalue weighted by Crippen LogP contribution is -2.35. The van der Waals surface area contributed by atoms with Gasteiger partial charge in [-0.3, -0.25) is 14.3 Å². The Morgan fingerprint density at radius 1 is 1.02 bits per heavy atom. The molecule has 0 amide bonds. The van der Waals surface area contributed by atoms with Gasteiger partial charge in [-0.2, -0.15) is 32.5 Å². The van der Waals surface area contributed by atoms with Crippen molar-refractivity contribution in [3.63, 3.8) is 0 Å². The molecule has 246 valence electrons. The van der Waals surface area contributed by atoms with E-state index in [4.69, 9.17) is 0 Å². The highest BCUT2D eigenvalue weighted by Crippen LogP contribution is 2.55. The second-order valence-electron chi connectivity index (χ2n) is 12.9. The third-order valence-electron chi connectivity index (χ3n) is 8.34. The molecule has 2 N–H and O–H groups in total. The minimum absolute atomic E-state index is 0.0452. The predicted octanol–water partition coefficient (Wildman–Crippen LogP) is 6.99. The van der Waals surface area contributed by atoms with Crippen molar-refractivity contribution >= 4 is 33.1 Å². The van der Waals surface area contributed by atoms with Crippen molar-refractivity contribution in [2.45, 2.75) is 57.9 Å². The van der Waals surface area contributed by atoms with Gasteiger partial charge in [-0.1, -0.05) is 38.1 Å². The van der Waals surface area contributed by atoms with Crippen LogP contribution in [0.25, 0.3) is 21.7 Å². The first-order chi connectivity index (χ1) is 22.7. The number of nitrogens with one attached hydrogen (secondary N) is 2. The van der Waals surface area contributed by atoms with Crippen LogP contribution in [0.4, 0.5) is 33.3 Å². The maximum Gasteiger partial charge on any atom is 0.413 e. The Morgan fingerprint density at radius 2 is 1.75 bits per heavy atom. The maximum atomic E-state index is 14.0. The molecule has 3 aromatic heterocycles. The van der Waals surface area contributed by atoms with Crippen molar-refractivity contribution < 1.29 is 22.0 Å². The largest absolute Gasteiger partial charge is 0.413 e. The smallest absolute Gasteiger partial charge is 0.383 e. The Kier molecular flexibility index (Phi) is 7.82. The van der Waals surface area contributed by atoms with E-state index in [1.165, 1.54) is 36.7 Å². The zero-order valence-electron chi connectivity index (χ0n) is 25.9. The molecular weight excluding hydrogens is 633 g/mol. The monoisotopic (exact) mass is 661 g/mol. The molecule has 48 heavy (non-hydrogen) atoms. The normalized spacial score (nSPS) is 14.9. The molecule has 1 atom stereocenters. The molecule has 0 radical (unpaired) electrons. The summed E-state index contributed by atoms with van der Waals surface area (Å²) in [4.78, 5) is 17.3. The molecule has 1 saturated carbocycles. The molecule has 0 aliphatic heterocycles. The molecule has 1 aliphatic carbocycles. The third kappa shape index (κ3) is 5.65. The quantitative estimate of drug-likeness (QED) is 0.170. The van der Waals surface area contributed by atoms with E-state index in [-0.39, 0.29) is 50.4 Å². The zero-order valence-corrected chi connectivity index (χ0v) is 25.9. The first-order valence-electron chi connectivity index (χ1n) is 14.9. The zero-order chi connectivity index (χ0) is 34.6. The minimum atomic E-state index is -4.58. The number of aromatic nitrogens is 5. The Bertz CT molecular complexity index is 2200. The lowest BCUT2D eigenvalue weighted by atomic mass is 9.96. The standard InChI is InChI=1S/C33H28F5N9O/c1-31(2,3)17-42-27-19(14-40)15-41-26-18(13-39)11-20(12-24(26)27)43-28(25-16-47(45-44-25)32(8-9-32)33(36,37)38)22-5-4-6-23-21(22)7-10-46(29(23)48)30(34)35/h4-7,10-12,15-16,28,30,43H,8-9,17H2,1-3H3,(H,41,42)/t28-/m0/s1. The van der Waals surface area contributed by atoms with Crippen LogP contribution < -0.4 is 16.2 Å². The molecule has 6 rings (SSSR count). The van der Waals surface area contributed by atoms with Crippen LogP contribution in [0.15, 0.2) is 59.8 Å². The summed E-state index contributed by atoms with van der Waals surface area (Å²) in [6.45, 7) is 3.40. The van der Waals surface area contributed by atoms with E-state index >= 15 is 0 Å². The SMILES string of the molecule is CC(C)(C)CNc1c(C#N)cnc2c(C#N)cc(N[C@H](c3cn(C4(C(F)(F)F)CC4)nn3)c3cccc4c(=O)n(C(F)F)ccc34)cc12. The number of fused-ring (bicyclic) bond motifs is 2. The second-order valence-corrected chi connectivity index (χ2v) is 12.9. The number of nitriles is 2. The van der Waals surface area contributed by atoms with Crippen molar-refractivity contribution in [2.75, 3.05) is 17.2 Å². The van der Waals surface area contributed by atoms with Gasteiger partial charge in [-0.05, 0) is 53.5 Å². The van der Waals surface area contributed by atoms with Crippen molar-refractivity contribution in [3.05, 3.63) is 87.7 Å². The number of benzene rings is 2. The number of hydrogen-bond acceptors (Lipinski definition) is 8. The van der Waals surface area contributed by atoms with E-state index in [1.807, 2.05) is 20.8 Å². The van der Waals surface area contributed by atoms with Gasteiger partial charge in [0.15, 0.2) is 5.54 Å². The number of pyridine rings is 2. The predicted molar refractivity (Wildman–Crippen MR) is 167 cm³/mol. The summed E-state index contributed by atoms with van der Waals surface area (Å²) in [7, 11) is 0. The van der Waals surface area contributed by atoms with Gasteiger partial charge in [-0.15, -0.1) is 5.10 Å². The van der Waals surface area contributed by atoms with Crippen LogP contribution in [0.3, 0.4) is 0 Å². The Morgan fingerprint density at radius 3 is 2.38 bits per heavy atom. The molecule has 0 bridgehead atoms. The van der Waals surface area contributed by atoms with Crippen LogP contribution >= 0.6 is 0 Å². The van der Waals surface area contributed by atoms with E-state index in [1.54, 1.807) is 12.1 Å². The molecule has 15 heteroatoms. The van der Waals surface area contributed by atoms with Crippen molar-refractivity contribution in [2.24, 2.45) is 5.41 Å². The van der Waals surface area contributed by atoms with Crippen molar-refractivity contribution in [1.82, 2.24) is 24.5 Å². The molecule has 0 unspecified atom stereocenters. The lowest BCUT2D eigenvalue weighted by molar-refractivity contribution is -0.182. The molecule has 1 aliphatic rings. The number of alkyl halides is 5. The maximum absolute atomic E-state index is 14.0. The Hall–Kier alpha value is -5.57. The van der Waals surface area contributed by atoms with Crippen LogP contribution in [0.1, 0.15) is 68.6 Å². The molecular formula is C33H28F5N9O. The average Bonchev–Trinajstić information content (AvgIpc) is 3.72. The Labute approximate surface area is 270 Å². The molecule has 3 heterocycles. The highest BCUT2D eigenvalue weighted by atomic mass is 19.4. The highest BCUT2D eigenvalue weighted by Gasteiger charge is 2.66. The first kappa shape index (κ1) is 32.4. The number of halogens is 5. The fraction of sp³-hybridized carbons (Fsp3) is 0.333. The van der Waals surface area contributed by atoms with Crippen molar-refractivity contribution in [3.8, 4) is 12.1 Å². The van der Waals surface area contributed by atoms with Gasteiger partial charge < -0.3 is 10.6 Å². The van der Waals surface area contributed by atoms with E-state index in [0.717, 1.165) is 10.9 Å². The molecule has 0 saturated heterocycles. The lowest BCUT2D eigenvalue weighted by Gasteiger charge is -2.23. The number of anilines is 2. The van der Waals surface area contributed by atoms with E-state index in [0.29, 0.717) is 34.4 Å². The molecule has 10 nitrogen and oxygen atoms in total. The van der Waals surface area contributed by atoms with Crippen LogP contribution in [-0.2, 0) is 5.54 Å². The topological polar surface area (TPSA) is 137 Å². The van der Waals surface area contributed by atoms with Crippen LogP contribution in [0.2, 0.25) is 0 Å². The Balaban J connectivity index is 1.55. The fourth-order valence-corrected chi connectivity index (χ4v) is 5.68. The average molecular weight is 662 g/mol. The summed E-state index contributed by atoms with van der Waals surface area (Å²) < 4.78 is 70.3. The van der Waals surface area contributed by atoms with Gasteiger partial charge in [0.05, 0.1) is 34.6 Å². The summed E-state index contributed by atoms with van der Waals surface area (Å²) >= 11 is 0. The number of nitrogens with zero attached hydrogens (tertiary/aromatic N) is 7. The molecule has 2 aromatic carbocycles. The van der Waals surface area contributed by atoms with Gasteiger partial charge in [0.25, 0.3) is 5.56 Å². The third-order valence-corrected chi connectivity index (χ3v) is 8.34. The number of hydrogen-bond donors (Lipinski definition) is 2. The van der Waals surface area contributed by atoms with Crippen molar-refractivity contribution in [1.29, 1.82) is 10.5 Å². The summed E-state index contributed by atoms with van der Waals surface area (Å²) in [5.74, 6) is 0. The first-order valence-corrected chi connectivity index (χ1v) is 14.9. The van der Waals surface area contributed by atoms with Gasteiger partial charge in [0, 0.05) is 35.4 Å². The number of rotatable bonds is 8. The van der Waals surface area contributed by atoms with E-state index in [2.05, 4.69) is 38.1 Å². The second kappa shape index (κ2) is 11.6. The van der Waals surface area contributed by atoms with Gasteiger partial charge >= 0.3 is 12.7 Å². The van der Waals surface area contributed by atoms with Crippen LogP contribution in [0, 0.1) is 28.1 Å². The summed E-state index contributed by atoms with van der Waals surface area (Å²) in [5.41, 5.74) is -1.50. The minimum Gasteiger partial charge on any atom is -0.383 e.